The number of nitrogens with one attached hydrogen (secondary N) is 1. The Bertz CT molecular complexity index is 632. The summed E-state index contributed by atoms with van der Waals surface area (Å²) in [5.41, 5.74) is 3.53. The van der Waals surface area contributed by atoms with Crippen LogP contribution >= 0.6 is 11.3 Å². The Morgan fingerprint density at radius 2 is 2.05 bits per heavy atom. The molecular weight excluding hydrogens is 280 g/mol. The summed E-state index contributed by atoms with van der Waals surface area (Å²) in [5, 5.41) is 5.41. The van der Waals surface area contributed by atoms with Crippen LogP contribution in [0.1, 0.15) is 22.9 Å². The van der Waals surface area contributed by atoms with Crippen molar-refractivity contribution in [3.05, 3.63) is 51.7 Å². The first-order chi connectivity index (χ1) is 10.1. The third-order valence-corrected chi connectivity index (χ3v) is 4.95. The van der Waals surface area contributed by atoms with Gasteiger partial charge in [-0.3, -0.25) is 4.79 Å². The van der Waals surface area contributed by atoms with E-state index in [0.29, 0.717) is 0 Å². The number of benzene rings is 1. The summed E-state index contributed by atoms with van der Waals surface area (Å²) in [6.45, 7) is 5.57. The van der Waals surface area contributed by atoms with Crippen molar-refractivity contribution in [2.45, 2.75) is 32.9 Å². The van der Waals surface area contributed by atoms with Crippen LogP contribution in [0.3, 0.4) is 0 Å². The first kappa shape index (κ1) is 14.1. The summed E-state index contributed by atoms with van der Waals surface area (Å²) in [7, 11) is 0. The highest BCUT2D eigenvalue weighted by molar-refractivity contribution is 7.10. The number of hydrogen-bond acceptors (Lipinski definition) is 3. The molecule has 1 unspecified atom stereocenters. The van der Waals surface area contributed by atoms with Crippen LogP contribution in [0.2, 0.25) is 0 Å². The predicted octanol–water partition coefficient (Wildman–Crippen LogP) is 3.44. The summed E-state index contributed by atoms with van der Waals surface area (Å²) in [5.74, 6) is 0.174. The molecule has 110 valence electrons. The Balaban J connectivity index is 1.64. The first-order valence-corrected chi connectivity index (χ1v) is 8.18. The largest absolute Gasteiger partial charge is 0.374 e. The van der Waals surface area contributed by atoms with Gasteiger partial charge >= 0.3 is 0 Å². The van der Waals surface area contributed by atoms with Gasteiger partial charge in [-0.25, -0.2) is 0 Å². The highest BCUT2D eigenvalue weighted by atomic mass is 32.1. The van der Waals surface area contributed by atoms with Gasteiger partial charge in [0.2, 0.25) is 5.91 Å². The van der Waals surface area contributed by atoms with Crippen molar-refractivity contribution in [2.75, 3.05) is 11.9 Å². The van der Waals surface area contributed by atoms with Crippen molar-refractivity contribution in [2.24, 2.45) is 0 Å². The van der Waals surface area contributed by atoms with E-state index in [4.69, 9.17) is 0 Å². The molecule has 0 bridgehead atoms. The quantitative estimate of drug-likeness (QED) is 0.941. The molecule has 0 saturated carbocycles. The zero-order valence-electron chi connectivity index (χ0n) is 12.4. The van der Waals surface area contributed by atoms with Gasteiger partial charge in [0, 0.05) is 23.7 Å². The van der Waals surface area contributed by atoms with Gasteiger partial charge in [0.15, 0.2) is 0 Å². The van der Waals surface area contributed by atoms with Crippen LogP contribution in [0.4, 0.5) is 5.69 Å². The molecule has 21 heavy (non-hydrogen) atoms. The number of anilines is 1. The standard InChI is InChI=1S/C17H20N2OS/c1-12-3-5-15(6-4-12)18-13(2)17(20)19-9-7-16-14(11-19)8-10-21-16/h3-6,8,10,13,18H,7,9,11H2,1-2H3. The minimum Gasteiger partial charge on any atom is -0.374 e. The Hall–Kier alpha value is -1.81. The molecular formula is C17H20N2OS. The molecule has 2 aromatic rings. The van der Waals surface area contributed by atoms with E-state index in [9.17, 15) is 4.79 Å². The second-order valence-corrected chi connectivity index (χ2v) is 6.61. The first-order valence-electron chi connectivity index (χ1n) is 7.31. The molecule has 0 aliphatic carbocycles. The molecule has 4 heteroatoms. The molecule has 0 spiro atoms. The van der Waals surface area contributed by atoms with Gasteiger partial charge in [0.05, 0.1) is 0 Å². The molecule has 0 radical (unpaired) electrons. The topological polar surface area (TPSA) is 32.3 Å². The molecule has 3 nitrogen and oxygen atoms in total. The lowest BCUT2D eigenvalue weighted by atomic mass is 10.1. The van der Waals surface area contributed by atoms with Gasteiger partial charge in [-0.05, 0) is 49.4 Å². The van der Waals surface area contributed by atoms with Crippen LogP contribution in [0, 0.1) is 6.92 Å². The van der Waals surface area contributed by atoms with Gasteiger partial charge in [-0.2, -0.15) is 0 Å². The van der Waals surface area contributed by atoms with Crippen LogP contribution < -0.4 is 5.32 Å². The Kier molecular flexibility index (Phi) is 3.97. The van der Waals surface area contributed by atoms with Crippen LogP contribution in [-0.2, 0) is 17.8 Å². The average Bonchev–Trinajstić information content (AvgIpc) is 2.96. The van der Waals surface area contributed by atoms with Gasteiger partial charge in [-0.1, -0.05) is 17.7 Å². The Morgan fingerprint density at radius 1 is 1.29 bits per heavy atom. The minimum atomic E-state index is -0.201. The van der Waals surface area contributed by atoms with Crippen molar-refractivity contribution in [1.29, 1.82) is 0 Å². The SMILES string of the molecule is Cc1ccc(NC(C)C(=O)N2CCc3sccc3C2)cc1. The fourth-order valence-electron chi connectivity index (χ4n) is 2.67. The maximum Gasteiger partial charge on any atom is 0.245 e. The van der Waals surface area contributed by atoms with Crippen LogP contribution in [0.15, 0.2) is 35.7 Å². The molecule has 1 aromatic heterocycles. The number of carbonyl (C=O) groups is 1. The van der Waals surface area contributed by atoms with Crippen molar-refractivity contribution < 1.29 is 4.79 Å². The monoisotopic (exact) mass is 300 g/mol. The maximum atomic E-state index is 12.6. The Morgan fingerprint density at radius 3 is 2.81 bits per heavy atom. The molecule has 1 aliphatic heterocycles. The number of hydrogen-bond donors (Lipinski definition) is 1. The second kappa shape index (κ2) is 5.90. The molecule has 0 fully saturated rings. The van der Waals surface area contributed by atoms with Crippen molar-refractivity contribution >= 4 is 22.9 Å². The van der Waals surface area contributed by atoms with Gasteiger partial charge in [0.25, 0.3) is 0 Å². The number of nitrogens with zero attached hydrogens (tertiary/aromatic N) is 1. The van der Waals surface area contributed by atoms with Gasteiger partial charge < -0.3 is 10.2 Å². The van der Waals surface area contributed by atoms with E-state index in [-0.39, 0.29) is 11.9 Å². The van der Waals surface area contributed by atoms with Crippen molar-refractivity contribution in [3.8, 4) is 0 Å². The number of rotatable bonds is 3. The molecule has 1 amide bonds. The third kappa shape index (κ3) is 3.10. The molecule has 0 saturated heterocycles. The predicted molar refractivity (Wildman–Crippen MR) is 87.7 cm³/mol. The zero-order valence-corrected chi connectivity index (χ0v) is 13.2. The van der Waals surface area contributed by atoms with Crippen molar-refractivity contribution in [3.63, 3.8) is 0 Å². The zero-order chi connectivity index (χ0) is 14.8. The maximum absolute atomic E-state index is 12.6. The highest BCUT2D eigenvalue weighted by Crippen LogP contribution is 2.24. The summed E-state index contributed by atoms with van der Waals surface area (Å²) < 4.78 is 0. The molecule has 1 N–H and O–H groups in total. The fourth-order valence-corrected chi connectivity index (χ4v) is 3.56. The van der Waals surface area contributed by atoms with E-state index in [1.807, 2.05) is 24.0 Å². The molecule has 1 aromatic carbocycles. The molecule has 1 aliphatic rings. The smallest absolute Gasteiger partial charge is 0.245 e. The summed E-state index contributed by atoms with van der Waals surface area (Å²) in [6.07, 6.45) is 0.982. The van der Waals surface area contributed by atoms with E-state index >= 15 is 0 Å². The molecule has 2 heterocycles. The van der Waals surface area contributed by atoms with Gasteiger partial charge in [-0.15, -0.1) is 11.3 Å². The average molecular weight is 300 g/mol. The lowest BCUT2D eigenvalue weighted by molar-refractivity contribution is -0.132. The van der Waals surface area contributed by atoms with E-state index in [0.717, 1.165) is 25.2 Å². The number of fused-ring (bicyclic) bond motifs is 1. The lowest BCUT2D eigenvalue weighted by Gasteiger charge is -2.30. The number of amides is 1. The van der Waals surface area contributed by atoms with Crippen molar-refractivity contribution in [1.82, 2.24) is 4.90 Å². The summed E-state index contributed by atoms with van der Waals surface area (Å²) in [6, 6.07) is 10.1. The fraction of sp³-hybridized carbons (Fsp3) is 0.353. The normalized spacial score (nSPS) is 15.4. The van der Waals surface area contributed by atoms with Crippen LogP contribution in [0.25, 0.3) is 0 Å². The molecule has 3 rings (SSSR count). The van der Waals surface area contributed by atoms with Crippen LogP contribution in [0.5, 0.6) is 0 Å². The summed E-state index contributed by atoms with van der Waals surface area (Å²) >= 11 is 1.80. The van der Waals surface area contributed by atoms with E-state index in [1.54, 1.807) is 11.3 Å². The lowest BCUT2D eigenvalue weighted by Crippen LogP contribution is -2.43. The second-order valence-electron chi connectivity index (χ2n) is 5.61. The molecule has 1 atom stereocenters. The van der Waals surface area contributed by atoms with Crippen LogP contribution in [-0.4, -0.2) is 23.4 Å². The highest BCUT2D eigenvalue weighted by Gasteiger charge is 2.25. The van der Waals surface area contributed by atoms with E-state index < -0.39 is 0 Å². The van der Waals surface area contributed by atoms with E-state index in [2.05, 4.69) is 35.8 Å². The number of thiophene rings is 1. The third-order valence-electron chi connectivity index (χ3n) is 3.92. The summed E-state index contributed by atoms with van der Waals surface area (Å²) in [4.78, 5) is 16.0. The Labute approximate surface area is 129 Å². The number of aryl methyl sites for hydroxylation is 1. The van der Waals surface area contributed by atoms with Gasteiger partial charge in [0.1, 0.15) is 6.04 Å². The number of carbonyl (C=O) groups excluding carboxylic acids is 1. The minimum absolute atomic E-state index is 0.174. The van der Waals surface area contributed by atoms with E-state index in [1.165, 1.54) is 16.0 Å².